The van der Waals surface area contributed by atoms with Crippen LogP contribution >= 0.6 is 0 Å². The molecule has 1 unspecified atom stereocenters. The van der Waals surface area contributed by atoms with Gasteiger partial charge in [0.25, 0.3) is 0 Å². The van der Waals surface area contributed by atoms with E-state index in [1.54, 1.807) is 6.92 Å². The fourth-order valence-electron chi connectivity index (χ4n) is 3.45. The zero-order chi connectivity index (χ0) is 18.1. The van der Waals surface area contributed by atoms with E-state index in [9.17, 15) is 9.90 Å². The summed E-state index contributed by atoms with van der Waals surface area (Å²) in [6, 6.07) is 16.1. The average Bonchev–Trinajstić information content (AvgIpc) is 3.18. The molecule has 1 amide bonds. The number of carbonyl (C=O) groups is 1. The van der Waals surface area contributed by atoms with Crippen LogP contribution in [0.25, 0.3) is 11.3 Å². The summed E-state index contributed by atoms with van der Waals surface area (Å²) in [7, 11) is 0. The van der Waals surface area contributed by atoms with Gasteiger partial charge in [-0.1, -0.05) is 42.5 Å². The number of rotatable bonds is 5. The molecular weight excluding hydrogens is 326 g/mol. The van der Waals surface area contributed by atoms with Crippen molar-refractivity contribution in [2.45, 2.75) is 32.4 Å². The largest absolute Gasteiger partial charge is 0.393 e. The average molecular weight is 347 g/mol. The van der Waals surface area contributed by atoms with E-state index < -0.39 is 6.10 Å². The van der Waals surface area contributed by atoms with Crippen molar-refractivity contribution in [2.24, 2.45) is 0 Å². The van der Waals surface area contributed by atoms with Crippen molar-refractivity contribution in [2.75, 3.05) is 5.32 Å². The highest BCUT2D eigenvalue weighted by atomic mass is 16.3. The van der Waals surface area contributed by atoms with E-state index in [0.717, 1.165) is 33.8 Å². The predicted octanol–water partition coefficient (Wildman–Crippen LogP) is 3.02. The number of imidazole rings is 1. The molecule has 5 heteroatoms. The third-order valence-electron chi connectivity index (χ3n) is 4.63. The molecule has 2 aromatic carbocycles. The zero-order valence-corrected chi connectivity index (χ0v) is 14.6. The van der Waals surface area contributed by atoms with E-state index in [-0.39, 0.29) is 5.91 Å². The van der Waals surface area contributed by atoms with Gasteiger partial charge in [0, 0.05) is 29.9 Å². The second kappa shape index (κ2) is 6.77. The summed E-state index contributed by atoms with van der Waals surface area (Å²) < 4.78 is 2.08. The van der Waals surface area contributed by atoms with Crippen molar-refractivity contribution < 1.29 is 9.90 Å². The Hall–Kier alpha value is -2.92. The lowest BCUT2D eigenvalue weighted by Gasteiger charge is -2.13. The smallest absolute Gasteiger partial charge is 0.228 e. The quantitative estimate of drug-likeness (QED) is 0.745. The molecule has 0 fully saturated rings. The highest BCUT2D eigenvalue weighted by Crippen LogP contribution is 2.27. The molecule has 1 aliphatic rings. The second-order valence-electron chi connectivity index (χ2n) is 6.80. The van der Waals surface area contributed by atoms with Gasteiger partial charge in [-0.15, -0.1) is 0 Å². The van der Waals surface area contributed by atoms with Crippen LogP contribution in [0.4, 0.5) is 5.69 Å². The SMILES string of the molecule is CC(O)Cc1c(-c2ccccc2)ncn1Cc1ccc2c(c1)CC(=O)N2. The number of benzene rings is 2. The Balaban J connectivity index is 1.67. The molecule has 2 N–H and O–H groups in total. The molecule has 0 aliphatic carbocycles. The van der Waals surface area contributed by atoms with Crippen molar-refractivity contribution in [1.82, 2.24) is 9.55 Å². The summed E-state index contributed by atoms with van der Waals surface area (Å²) in [6.45, 7) is 2.45. The molecule has 0 saturated carbocycles. The van der Waals surface area contributed by atoms with Crippen molar-refractivity contribution in [3.05, 3.63) is 71.7 Å². The van der Waals surface area contributed by atoms with E-state index in [4.69, 9.17) is 0 Å². The fourth-order valence-corrected chi connectivity index (χ4v) is 3.45. The first-order chi connectivity index (χ1) is 12.6. The highest BCUT2D eigenvalue weighted by molar-refractivity contribution is 5.99. The standard InChI is InChI=1S/C21H21N3O2/c1-14(25)9-19-21(16-5-3-2-4-6-16)22-13-24(19)12-15-7-8-18-17(10-15)11-20(26)23-18/h2-8,10,13-14,25H,9,11-12H2,1H3,(H,23,26). The molecule has 3 aromatic rings. The van der Waals surface area contributed by atoms with E-state index >= 15 is 0 Å². The third-order valence-corrected chi connectivity index (χ3v) is 4.63. The fraction of sp³-hybridized carbons (Fsp3) is 0.238. The topological polar surface area (TPSA) is 67.2 Å². The molecule has 1 aromatic heterocycles. The number of aromatic nitrogens is 2. The molecule has 1 aliphatic heterocycles. The molecule has 132 valence electrons. The van der Waals surface area contributed by atoms with Crippen molar-refractivity contribution in [3.8, 4) is 11.3 Å². The number of nitrogens with zero attached hydrogens (tertiary/aromatic N) is 2. The number of hydrogen-bond acceptors (Lipinski definition) is 3. The maximum atomic E-state index is 11.6. The van der Waals surface area contributed by atoms with E-state index in [2.05, 4.69) is 20.9 Å². The van der Waals surface area contributed by atoms with Crippen molar-refractivity contribution in [3.63, 3.8) is 0 Å². The normalized spacial score (nSPS) is 14.2. The number of aliphatic hydroxyl groups excluding tert-OH is 1. The predicted molar refractivity (Wildman–Crippen MR) is 101 cm³/mol. The first-order valence-electron chi connectivity index (χ1n) is 8.79. The Kier molecular flexibility index (Phi) is 4.31. The Morgan fingerprint density at radius 3 is 2.81 bits per heavy atom. The van der Waals surface area contributed by atoms with Gasteiger partial charge in [0.05, 0.1) is 24.5 Å². The first kappa shape index (κ1) is 16.5. The highest BCUT2D eigenvalue weighted by Gasteiger charge is 2.19. The number of aliphatic hydroxyl groups is 1. The minimum atomic E-state index is -0.449. The maximum Gasteiger partial charge on any atom is 0.228 e. The first-order valence-corrected chi connectivity index (χ1v) is 8.79. The van der Waals surface area contributed by atoms with Crippen LogP contribution in [0.3, 0.4) is 0 Å². The summed E-state index contributed by atoms with van der Waals surface area (Å²) in [6.07, 6.45) is 2.35. The number of anilines is 1. The Labute approximate surface area is 152 Å². The number of nitrogens with one attached hydrogen (secondary N) is 1. The monoisotopic (exact) mass is 347 g/mol. The number of hydrogen-bond donors (Lipinski definition) is 2. The molecule has 0 saturated heterocycles. The minimum absolute atomic E-state index is 0.0425. The summed E-state index contributed by atoms with van der Waals surface area (Å²) in [5.41, 5.74) is 6.02. The minimum Gasteiger partial charge on any atom is -0.393 e. The zero-order valence-electron chi connectivity index (χ0n) is 14.6. The Morgan fingerprint density at radius 2 is 2.04 bits per heavy atom. The van der Waals surface area contributed by atoms with Gasteiger partial charge in [-0.3, -0.25) is 4.79 Å². The van der Waals surface area contributed by atoms with Gasteiger partial charge in [-0.25, -0.2) is 4.98 Å². The molecule has 4 rings (SSSR count). The lowest BCUT2D eigenvalue weighted by molar-refractivity contribution is -0.115. The number of carbonyl (C=O) groups excluding carboxylic acids is 1. The van der Waals surface area contributed by atoms with Crippen molar-refractivity contribution >= 4 is 11.6 Å². The number of fused-ring (bicyclic) bond motifs is 1. The number of amides is 1. The molecule has 26 heavy (non-hydrogen) atoms. The molecular formula is C21H21N3O2. The molecule has 2 heterocycles. The van der Waals surface area contributed by atoms with Gasteiger partial charge in [0.2, 0.25) is 5.91 Å². The molecule has 5 nitrogen and oxygen atoms in total. The summed E-state index contributed by atoms with van der Waals surface area (Å²) in [5, 5.41) is 12.8. The van der Waals surface area contributed by atoms with E-state index in [0.29, 0.717) is 19.4 Å². The van der Waals surface area contributed by atoms with Crippen LogP contribution < -0.4 is 5.32 Å². The summed E-state index contributed by atoms with van der Waals surface area (Å²) >= 11 is 0. The van der Waals surface area contributed by atoms with Gasteiger partial charge >= 0.3 is 0 Å². The summed E-state index contributed by atoms with van der Waals surface area (Å²) in [4.78, 5) is 16.2. The van der Waals surface area contributed by atoms with Gasteiger partial charge in [0.15, 0.2) is 0 Å². The van der Waals surface area contributed by atoms with Gasteiger partial charge in [0.1, 0.15) is 0 Å². The van der Waals surface area contributed by atoms with Crippen LogP contribution in [0.5, 0.6) is 0 Å². The molecule has 0 radical (unpaired) electrons. The third kappa shape index (κ3) is 3.26. The lowest BCUT2D eigenvalue weighted by Crippen LogP contribution is -2.11. The van der Waals surface area contributed by atoms with Gasteiger partial charge in [-0.05, 0) is 24.1 Å². The van der Waals surface area contributed by atoms with Gasteiger partial charge < -0.3 is 15.0 Å². The lowest BCUT2D eigenvalue weighted by atomic mass is 10.1. The molecule has 0 spiro atoms. The maximum absolute atomic E-state index is 11.6. The molecule has 0 bridgehead atoms. The van der Waals surface area contributed by atoms with Crippen LogP contribution in [0.2, 0.25) is 0 Å². The van der Waals surface area contributed by atoms with Crippen LogP contribution in [-0.4, -0.2) is 26.7 Å². The van der Waals surface area contributed by atoms with Crippen LogP contribution in [0.1, 0.15) is 23.7 Å². The van der Waals surface area contributed by atoms with E-state index in [1.165, 1.54) is 0 Å². The van der Waals surface area contributed by atoms with Crippen LogP contribution in [0.15, 0.2) is 54.9 Å². The van der Waals surface area contributed by atoms with Gasteiger partial charge in [-0.2, -0.15) is 0 Å². The van der Waals surface area contributed by atoms with Crippen molar-refractivity contribution in [1.29, 1.82) is 0 Å². The second-order valence-corrected chi connectivity index (χ2v) is 6.80. The summed E-state index contributed by atoms with van der Waals surface area (Å²) in [5.74, 6) is 0.0425. The molecule has 1 atom stereocenters. The Morgan fingerprint density at radius 1 is 1.23 bits per heavy atom. The Bertz CT molecular complexity index is 945. The van der Waals surface area contributed by atoms with Crippen LogP contribution in [-0.2, 0) is 24.2 Å². The van der Waals surface area contributed by atoms with E-state index in [1.807, 2.05) is 48.8 Å². The van der Waals surface area contributed by atoms with Crippen LogP contribution in [0, 0.1) is 0 Å².